The lowest BCUT2D eigenvalue weighted by Crippen LogP contribution is -2.18. The third kappa shape index (κ3) is 2.40. The lowest BCUT2D eigenvalue weighted by atomic mass is 9.93. The molecule has 0 saturated carbocycles. The quantitative estimate of drug-likeness (QED) is 0.762. The Labute approximate surface area is 132 Å². The lowest BCUT2D eigenvalue weighted by molar-refractivity contribution is 0.0956. The van der Waals surface area contributed by atoms with Crippen molar-refractivity contribution >= 4 is 28.4 Å². The van der Waals surface area contributed by atoms with Gasteiger partial charge in [0, 0.05) is 23.7 Å². The fourth-order valence-corrected chi connectivity index (χ4v) is 3.03. The van der Waals surface area contributed by atoms with E-state index in [0.717, 1.165) is 29.4 Å². The average Bonchev–Trinajstić information content (AvgIpc) is 3.00. The number of rotatable bonds is 2. The molecule has 1 aromatic carbocycles. The number of ketones is 1. The number of aromatic nitrogens is 2. The smallest absolute Gasteiger partial charge is 0.259 e. The largest absolute Gasteiger partial charge is 0.364 e. The first-order chi connectivity index (χ1) is 11.2. The van der Waals surface area contributed by atoms with Crippen molar-refractivity contribution in [2.45, 2.75) is 19.3 Å². The van der Waals surface area contributed by atoms with Gasteiger partial charge in [-0.15, -0.1) is 0 Å². The van der Waals surface area contributed by atoms with Gasteiger partial charge in [-0.2, -0.15) is 0 Å². The zero-order valence-corrected chi connectivity index (χ0v) is 12.4. The molecule has 4 rings (SSSR count). The molecular weight excluding hydrogens is 290 g/mol. The molecule has 0 fully saturated rings. The highest BCUT2D eigenvalue weighted by molar-refractivity contribution is 6.13. The number of nitrogens with zero attached hydrogens (tertiary/aromatic N) is 1. The van der Waals surface area contributed by atoms with Gasteiger partial charge in [0.25, 0.3) is 5.91 Å². The van der Waals surface area contributed by atoms with Gasteiger partial charge >= 0.3 is 0 Å². The molecule has 2 N–H and O–H groups in total. The maximum Gasteiger partial charge on any atom is 0.259 e. The second-order valence-corrected chi connectivity index (χ2v) is 5.68. The van der Waals surface area contributed by atoms with Crippen LogP contribution in [-0.4, -0.2) is 21.7 Å². The zero-order valence-electron chi connectivity index (χ0n) is 12.4. The SMILES string of the molecule is O=C(Nc1ccc2ccccc2n1)c1c[nH]c2c1C(=O)CCC2. The fraction of sp³-hybridized carbons (Fsp3) is 0.167. The number of carbonyl (C=O) groups excluding carboxylic acids is 2. The molecule has 0 bridgehead atoms. The first-order valence-electron chi connectivity index (χ1n) is 7.63. The molecule has 0 unspecified atom stereocenters. The standard InChI is InChI=1S/C18H15N3O2/c22-15-7-3-6-14-17(15)12(10-19-14)18(23)21-16-9-8-11-4-1-2-5-13(11)20-16/h1-2,4-5,8-10,19H,3,6-7H2,(H,20,21,23). The second-order valence-electron chi connectivity index (χ2n) is 5.68. The van der Waals surface area contributed by atoms with Crippen molar-refractivity contribution in [3.05, 3.63) is 59.4 Å². The van der Waals surface area contributed by atoms with Gasteiger partial charge in [0.05, 0.1) is 16.6 Å². The summed E-state index contributed by atoms with van der Waals surface area (Å²) in [5, 5.41) is 3.80. The van der Waals surface area contributed by atoms with E-state index in [-0.39, 0.29) is 11.7 Å². The summed E-state index contributed by atoms with van der Waals surface area (Å²) in [6, 6.07) is 11.4. The molecule has 2 aromatic heterocycles. The molecule has 0 spiro atoms. The van der Waals surface area contributed by atoms with Crippen LogP contribution in [-0.2, 0) is 6.42 Å². The van der Waals surface area contributed by atoms with E-state index in [2.05, 4.69) is 15.3 Å². The Morgan fingerprint density at radius 2 is 2.00 bits per heavy atom. The maximum atomic E-state index is 12.5. The van der Waals surface area contributed by atoms with Crippen LogP contribution in [0.1, 0.15) is 39.3 Å². The summed E-state index contributed by atoms with van der Waals surface area (Å²) < 4.78 is 0. The number of carbonyl (C=O) groups is 2. The molecule has 0 saturated heterocycles. The van der Waals surface area contributed by atoms with Crippen molar-refractivity contribution in [2.24, 2.45) is 0 Å². The van der Waals surface area contributed by atoms with E-state index in [1.54, 1.807) is 12.3 Å². The van der Waals surface area contributed by atoms with Gasteiger partial charge < -0.3 is 10.3 Å². The lowest BCUT2D eigenvalue weighted by Gasteiger charge is -2.11. The molecule has 0 aliphatic heterocycles. The minimum absolute atomic E-state index is 0.0316. The molecule has 1 aliphatic rings. The topological polar surface area (TPSA) is 74.8 Å². The number of H-pyrrole nitrogens is 1. The number of pyridine rings is 1. The van der Waals surface area contributed by atoms with E-state index >= 15 is 0 Å². The van der Waals surface area contributed by atoms with Gasteiger partial charge in [0.2, 0.25) is 0 Å². The Morgan fingerprint density at radius 3 is 2.91 bits per heavy atom. The van der Waals surface area contributed by atoms with E-state index in [9.17, 15) is 9.59 Å². The number of aromatic amines is 1. The molecule has 0 radical (unpaired) electrons. The highest BCUT2D eigenvalue weighted by atomic mass is 16.2. The summed E-state index contributed by atoms with van der Waals surface area (Å²) in [5.74, 6) is 0.205. The van der Waals surface area contributed by atoms with Crippen LogP contribution in [0.4, 0.5) is 5.82 Å². The van der Waals surface area contributed by atoms with Gasteiger partial charge in [-0.3, -0.25) is 9.59 Å². The summed E-state index contributed by atoms with van der Waals surface area (Å²) in [6.07, 6.45) is 3.76. The number of benzene rings is 1. The number of amides is 1. The third-order valence-electron chi connectivity index (χ3n) is 4.16. The Balaban J connectivity index is 1.65. The average molecular weight is 305 g/mol. The van der Waals surface area contributed by atoms with Crippen LogP contribution in [0, 0.1) is 0 Å². The van der Waals surface area contributed by atoms with E-state index < -0.39 is 0 Å². The summed E-state index contributed by atoms with van der Waals surface area (Å²) in [6.45, 7) is 0. The van der Waals surface area contributed by atoms with E-state index in [1.807, 2.05) is 30.3 Å². The van der Waals surface area contributed by atoms with E-state index in [4.69, 9.17) is 0 Å². The van der Waals surface area contributed by atoms with Crippen molar-refractivity contribution in [1.29, 1.82) is 0 Å². The van der Waals surface area contributed by atoms with Crippen molar-refractivity contribution in [3.8, 4) is 0 Å². The van der Waals surface area contributed by atoms with Crippen molar-refractivity contribution < 1.29 is 9.59 Å². The van der Waals surface area contributed by atoms with Crippen LogP contribution >= 0.6 is 0 Å². The Bertz CT molecular complexity index is 927. The van der Waals surface area contributed by atoms with Crippen LogP contribution in [0.25, 0.3) is 10.9 Å². The number of Topliss-reactive ketones (excluding diaryl/α,β-unsaturated/α-hetero) is 1. The minimum Gasteiger partial charge on any atom is -0.364 e. The Morgan fingerprint density at radius 1 is 1.13 bits per heavy atom. The van der Waals surface area contributed by atoms with Crippen molar-refractivity contribution in [1.82, 2.24) is 9.97 Å². The Hall–Kier alpha value is -2.95. The van der Waals surface area contributed by atoms with Crippen molar-refractivity contribution in [3.63, 3.8) is 0 Å². The number of hydrogen-bond donors (Lipinski definition) is 2. The summed E-state index contributed by atoms with van der Waals surface area (Å²) in [5.41, 5.74) is 2.62. The Kier molecular flexibility index (Phi) is 3.19. The van der Waals surface area contributed by atoms with E-state index in [1.165, 1.54) is 0 Å². The molecule has 3 aromatic rings. The van der Waals surface area contributed by atoms with Crippen molar-refractivity contribution in [2.75, 3.05) is 5.32 Å². The van der Waals surface area contributed by atoms with Crippen LogP contribution < -0.4 is 5.32 Å². The first-order valence-corrected chi connectivity index (χ1v) is 7.63. The summed E-state index contributed by atoms with van der Waals surface area (Å²) in [7, 11) is 0. The van der Waals surface area contributed by atoms with E-state index in [0.29, 0.717) is 23.4 Å². The first kappa shape index (κ1) is 13.7. The fourth-order valence-electron chi connectivity index (χ4n) is 3.03. The summed E-state index contributed by atoms with van der Waals surface area (Å²) >= 11 is 0. The number of aryl methyl sites for hydroxylation is 1. The summed E-state index contributed by atoms with van der Waals surface area (Å²) in [4.78, 5) is 32.1. The molecule has 5 nitrogen and oxygen atoms in total. The normalized spacial score (nSPS) is 13.8. The third-order valence-corrected chi connectivity index (χ3v) is 4.16. The minimum atomic E-state index is -0.305. The molecule has 23 heavy (non-hydrogen) atoms. The number of anilines is 1. The predicted molar refractivity (Wildman–Crippen MR) is 87.8 cm³/mol. The van der Waals surface area contributed by atoms with Gasteiger partial charge in [-0.1, -0.05) is 18.2 Å². The maximum absolute atomic E-state index is 12.5. The van der Waals surface area contributed by atoms with Gasteiger partial charge in [0.1, 0.15) is 5.82 Å². The molecule has 1 aliphatic carbocycles. The molecule has 0 atom stereocenters. The molecule has 114 valence electrons. The number of para-hydroxylation sites is 1. The zero-order chi connectivity index (χ0) is 15.8. The van der Waals surface area contributed by atoms with Gasteiger partial charge in [-0.05, 0) is 31.0 Å². The molecule has 1 amide bonds. The highest BCUT2D eigenvalue weighted by Crippen LogP contribution is 2.25. The van der Waals surface area contributed by atoms with Crippen LogP contribution in [0.2, 0.25) is 0 Å². The van der Waals surface area contributed by atoms with Gasteiger partial charge in [0.15, 0.2) is 5.78 Å². The monoisotopic (exact) mass is 305 g/mol. The highest BCUT2D eigenvalue weighted by Gasteiger charge is 2.25. The molecular formula is C18H15N3O2. The van der Waals surface area contributed by atoms with Gasteiger partial charge in [-0.25, -0.2) is 4.98 Å². The number of fused-ring (bicyclic) bond motifs is 2. The van der Waals surface area contributed by atoms with Crippen LogP contribution in [0.3, 0.4) is 0 Å². The molecule has 2 heterocycles. The van der Waals surface area contributed by atoms with Crippen LogP contribution in [0.15, 0.2) is 42.6 Å². The molecule has 5 heteroatoms. The second kappa shape index (κ2) is 5.35. The number of nitrogens with one attached hydrogen (secondary N) is 2. The van der Waals surface area contributed by atoms with Crippen LogP contribution in [0.5, 0.6) is 0 Å². The predicted octanol–water partition coefficient (Wildman–Crippen LogP) is 3.33. The number of hydrogen-bond acceptors (Lipinski definition) is 3.